The van der Waals surface area contributed by atoms with Crippen LogP contribution in [0.2, 0.25) is 0 Å². The molecule has 0 aliphatic carbocycles. The quantitative estimate of drug-likeness (QED) is 0.506. The first-order valence-corrected chi connectivity index (χ1v) is 6.97. The molecule has 2 rings (SSSR count). The first kappa shape index (κ1) is 9.93. The van der Waals surface area contributed by atoms with E-state index in [1.165, 1.54) is 24.1 Å². The van der Waals surface area contributed by atoms with Crippen LogP contribution in [0.1, 0.15) is 10.4 Å². The van der Waals surface area contributed by atoms with Crippen LogP contribution in [0.5, 0.6) is 0 Å². The second-order valence-electron chi connectivity index (χ2n) is 2.95. The average molecular weight is 367 g/mol. The first-order valence-electron chi connectivity index (χ1n) is 3.96. The summed E-state index contributed by atoms with van der Waals surface area (Å²) in [5.74, 6) is 0. The fraction of sp³-hybridized carbons (Fsp3) is 0.200. The third-order valence-corrected chi connectivity index (χ3v) is 5.20. The summed E-state index contributed by atoms with van der Waals surface area (Å²) in [7, 11) is 0. The monoisotopic (exact) mass is 366 g/mol. The summed E-state index contributed by atoms with van der Waals surface area (Å²) in [6.07, 6.45) is 0. The average Bonchev–Trinajstić information content (AvgIpc) is 2.56. The van der Waals surface area contributed by atoms with Crippen LogP contribution in [0.25, 0.3) is 10.1 Å². The maximum absolute atomic E-state index is 3.49. The third-order valence-electron chi connectivity index (χ3n) is 2.01. The lowest BCUT2D eigenvalue weighted by Crippen LogP contribution is -1.75. The summed E-state index contributed by atoms with van der Waals surface area (Å²) in [6.45, 7) is 2.17. The van der Waals surface area contributed by atoms with E-state index in [0.717, 1.165) is 5.33 Å². The molecule has 0 saturated heterocycles. The Hall–Kier alpha value is 0.390. The number of hydrogen-bond donors (Lipinski definition) is 0. The number of hydrogen-bond acceptors (Lipinski definition) is 1. The Morgan fingerprint density at radius 1 is 1.46 bits per heavy atom. The Kier molecular flexibility index (Phi) is 2.95. The van der Waals surface area contributed by atoms with Crippen molar-refractivity contribution in [1.82, 2.24) is 0 Å². The highest BCUT2D eigenvalue weighted by Gasteiger charge is 2.05. The molecule has 0 unspecified atom stereocenters. The van der Waals surface area contributed by atoms with Gasteiger partial charge in [-0.2, -0.15) is 0 Å². The van der Waals surface area contributed by atoms with E-state index in [1.807, 2.05) is 11.3 Å². The molecule has 0 radical (unpaired) electrons. The SMILES string of the molecule is Cc1ccc(I)c2cc(CBr)sc12. The normalized spacial score (nSPS) is 11.0. The number of benzene rings is 1. The molecule has 0 nitrogen and oxygen atoms in total. The standard InChI is InChI=1S/C10H8BrIS/c1-6-2-3-9(12)8-4-7(5-11)13-10(6)8/h2-4H,5H2,1H3. The van der Waals surface area contributed by atoms with Gasteiger partial charge in [-0.15, -0.1) is 11.3 Å². The molecule has 1 heterocycles. The Balaban J connectivity index is 2.80. The minimum atomic E-state index is 0.960. The molecule has 0 atom stereocenters. The summed E-state index contributed by atoms with van der Waals surface area (Å²) < 4.78 is 2.78. The molecule has 0 fully saturated rings. The molecule has 1 aromatic heterocycles. The highest BCUT2D eigenvalue weighted by atomic mass is 127. The zero-order chi connectivity index (χ0) is 9.42. The van der Waals surface area contributed by atoms with E-state index in [4.69, 9.17) is 0 Å². The van der Waals surface area contributed by atoms with Crippen molar-refractivity contribution in [2.75, 3.05) is 0 Å². The van der Waals surface area contributed by atoms with Gasteiger partial charge in [0.05, 0.1) is 0 Å². The van der Waals surface area contributed by atoms with Gasteiger partial charge in [-0.3, -0.25) is 0 Å². The molecular formula is C10H8BrIS. The predicted octanol–water partition coefficient (Wildman–Crippen LogP) is 4.71. The molecular weight excluding hydrogens is 359 g/mol. The molecule has 0 saturated carbocycles. The lowest BCUT2D eigenvalue weighted by atomic mass is 10.2. The number of aryl methyl sites for hydroxylation is 1. The number of rotatable bonds is 1. The molecule has 0 amide bonds. The molecule has 3 heteroatoms. The second kappa shape index (κ2) is 3.87. The van der Waals surface area contributed by atoms with Gasteiger partial charge in [0.2, 0.25) is 0 Å². The molecule has 0 aliphatic heterocycles. The minimum absolute atomic E-state index is 0.960. The fourth-order valence-corrected chi connectivity index (χ4v) is 3.64. The lowest BCUT2D eigenvalue weighted by Gasteiger charge is -1.96. The van der Waals surface area contributed by atoms with E-state index >= 15 is 0 Å². The summed E-state index contributed by atoms with van der Waals surface area (Å²) in [5, 5.41) is 2.36. The molecule has 0 bridgehead atoms. The van der Waals surface area contributed by atoms with Gasteiger partial charge in [0.25, 0.3) is 0 Å². The Bertz CT molecular complexity index is 408. The number of fused-ring (bicyclic) bond motifs is 1. The van der Waals surface area contributed by atoms with Gasteiger partial charge in [-0.05, 0) is 47.2 Å². The fourth-order valence-electron chi connectivity index (χ4n) is 1.34. The zero-order valence-corrected chi connectivity index (χ0v) is 11.7. The van der Waals surface area contributed by atoms with Gasteiger partial charge >= 0.3 is 0 Å². The van der Waals surface area contributed by atoms with Crippen LogP contribution in [0.3, 0.4) is 0 Å². The Morgan fingerprint density at radius 3 is 2.85 bits per heavy atom. The van der Waals surface area contributed by atoms with Crippen LogP contribution >= 0.6 is 49.9 Å². The van der Waals surface area contributed by atoms with Crippen molar-refractivity contribution in [3.8, 4) is 0 Å². The van der Waals surface area contributed by atoms with E-state index < -0.39 is 0 Å². The molecule has 68 valence electrons. The van der Waals surface area contributed by atoms with Gasteiger partial charge < -0.3 is 0 Å². The Morgan fingerprint density at radius 2 is 2.23 bits per heavy atom. The van der Waals surface area contributed by atoms with E-state index in [1.54, 1.807) is 0 Å². The van der Waals surface area contributed by atoms with Crippen molar-refractivity contribution in [1.29, 1.82) is 0 Å². The highest BCUT2D eigenvalue weighted by Crippen LogP contribution is 2.32. The topological polar surface area (TPSA) is 0 Å². The van der Waals surface area contributed by atoms with Crippen LogP contribution in [0.15, 0.2) is 18.2 Å². The molecule has 0 aliphatic rings. The van der Waals surface area contributed by atoms with Crippen LogP contribution < -0.4 is 0 Å². The van der Waals surface area contributed by atoms with E-state index in [-0.39, 0.29) is 0 Å². The predicted molar refractivity (Wildman–Crippen MR) is 71.9 cm³/mol. The summed E-state index contributed by atoms with van der Waals surface area (Å²) in [6, 6.07) is 6.66. The molecule has 1 aromatic carbocycles. The third kappa shape index (κ3) is 1.78. The van der Waals surface area contributed by atoms with Crippen molar-refractivity contribution < 1.29 is 0 Å². The molecule has 0 spiro atoms. The summed E-state index contributed by atoms with van der Waals surface area (Å²) in [4.78, 5) is 1.40. The molecule has 13 heavy (non-hydrogen) atoms. The first-order chi connectivity index (χ1) is 6.22. The number of thiophene rings is 1. The molecule has 0 N–H and O–H groups in total. The van der Waals surface area contributed by atoms with Crippen molar-refractivity contribution in [3.05, 3.63) is 32.2 Å². The van der Waals surface area contributed by atoms with E-state index in [0.29, 0.717) is 0 Å². The molecule has 2 aromatic rings. The Labute approximate surface area is 104 Å². The summed E-state index contributed by atoms with van der Waals surface area (Å²) >= 11 is 7.77. The maximum Gasteiger partial charge on any atom is 0.0385 e. The lowest BCUT2D eigenvalue weighted by molar-refractivity contribution is 1.54. The van der Waals surface area contributed by atoms with Gasteiger partial charge in [0.15, 0.2) is 0 Å². The van der Waals surface area contributed by atoms with Crippen LogP contribution in [0, 0.1) is 10.5 Å². The minimum Gasteiger partial charge on any atom is -0.139 e. The smallest absolute Gasteiger partial charge is 0.0385 e. The largest absolute Gasteiger partial charge is 0.139 e. The van der Waals surface area contributed by atoms with Gasteiger partial charge in [0.1, 0.15) is 0 Å². The van der Waals surface area contributed by atoms with Gasteiger partial charge in [-0.25, -0.2) is 0 Å². The van der Waals surface area contributed by atoms with E-state index in [2.05, 4.69) is 63.6 Å². The zero-order valence-electron chi connectivity index (χ0n) is 7.10. The van der Waals surface area contributed by atoms with Gasteiger partial charge in [0, 0.05) is 23.9 Å². The van der Waals surface area contributed by atoms with Crippen LogP contribution in [-0.4, -0.2) is 0 Å². The van der Waals surface area contributed by atoms with Crippen molar-refractivity contribution in [2.45, 2.75) is 12.3 Å². The number of halogens is 2. The second-order valence-corrected chi connectivity index (χ2v) is 5.81. The number of alkyl halides is 1. The van der Waals surface area contributed by atoms with Crippen molar-refractivity contribution in [2.24, 2.45) is 0 Å². The highest BCUT2D eigenvalue weighted by molar-refractivity contribution is 14.1. The van der Waals surface area contributed by atoms with Gasteiger partial charge in [-0.1, -0.05) is 22.0 Å². The van der Waals surface area contributed by atoms with Crippen LogP contribution in [0.4, 0.5) is 0 Å². The van der Waals surface area contributed by atoms with Crippen molar-refractivity contribution in [3.63, 3.8) is 0 Å². The van der Waals surface area contributed by atoms with Crippen LogP contribution in [-0.2, 0) is 5.33 Å². The summed E-state index contributed by atoms with van der Waals surface area (Å²) in [5.41, 5.74) is 1.38. The van der Waals surface area contributed by atoms with Crippen molar-refractivity contribution >= 4 is 59.9 Å². The maximum atomic E-state index is 3.49. The van der Waals surface area contributed by atoms with E-state index in [9.17, 15) is 0 Å².